The normalized spacial score (nSPS) is 14.3. The quantitative estimate of drug-likeness (QED) is 0.557. The van der Waals surface area contributed by atoms with E-state index in [4.69, 9.17) is 4.74 Å². The van der Waals surface area contributed by atoms with Gasteiger partial charge in [0.1, 0.15) is 10.3 Å². The monoisotopic (exact) mass is 450 g/mol. The number of carbonyl (C=O) groups excluding carboxylic acids is 1. The number of nitrogens with zero attached hydrogens (tertiary/aromatic N) is 1. The molecule has 0 saturated carbocycles. The van der Waals surface area contributed by atoms with E-state index >= 15 is 0 Å². The lowest BCUT2D eigenvalue weighted by molar-refractivity contribution is 0.0285. The summed E-state index contributed by atoms with van der Waals surface area (Å²) in [6.07, 6.45) is -0.342. The van der Waals surface area contributed by atoms with Crippen LogP contribution in [0.25, 0.3) is 11.1 Å². The van der Waals surface area contributed by atoms with Crippen molar-refractivity contribution < 1.29 is 14.1 Å². The van der Waals surface area contributed by atoms with Gasteiger partial charge in [-0.25, -0.2) is 4.79 Å². The molecule has 0 aliphatic heterocycles. The first-order valence-electron chi connectivity index (χ1n) is 10.1. The van der Waals surface area contributed by atoms with E-state index in [2.05, 4.69) is 22.2 Å². The van der Waals surface area contributed by atoms with Gasteiger partial charge in [-0.1, -0.05) is 24.3 Å². The molecule has 0 radical (unpaired) electrons. The van der Waals surface area contributed by atoms with Crippen molar-refractivity contribution in [3.8, 4) is 11.1 Å². The van der Waals surface area contributed by atoms with Crippen molar-refractivity contribution in [3.63, 3.8) is 0 Å². The van der Waals surface area contributed by atoms with Crippen molar-refractivity contribution in [1.82, 2.24) is 9.62 Å². The molecule has 0 unspecified atom stereocenters. The average Bonchev–Trinajstić information content (AvgIpc) is 3.09. The Hall–Kier alpha value is -1.54. The summed E-state index contributed by atoms with van der Waals surface area (Å²) in [6, 6.07) is 10.2. The number of amides is 1. The van der Waals surface area contributed by atoms with Crippen LogP contribution in [0, 0.1) is 0 Å². The highest BCUT2D eigenvalue weighted by molar-refractivity contribution is 7.90. The molecule has 0 bridgehead atoms. The van der Waals surface area contributed by atoms with Crippen LogP contribution in [-0.4, -0.2) is 32.9 Å². The molecule has 0 aliphatic carbocycles. The third-order valence-corrected chi connectivity index (χ3v) is 7.12. The van der Waals surface area contributed by atoms with Gasteiger partial charge in [-0.15, -0.1) is 16.1 Å². The first kappa shape index (κ1) is 24.7. The van der Waals surface area contributed by atoms with Gasteiger partial charge in [0.15, 0.2) is 0 Å². The number of benzene rings is 1. The molecule has 0 aliphatic rings. The Bertz CT molecular complexity index is 853. The Kier molecular flexibility index (Phi) is 8.02. The fourth-order valence-corrected chi connectivity index (χ4v) is 4.51. The maximum Gasteiger partial charge on any atom is 0.410 e. The van der Waals surface area contributed by atoms with Crippen LogP contribution in [0.15, 0.2) is 35.7 Å². The second-order valence-corrected chi connectivity index (χ2v) is 12.4. The predicted octanol–water partition coefficient (Wildman–Crippen LogP) is 5.89. The lowest BCUT2D eigenvalue weighted by Gasteiger charge is -2.26. The molecule has 0 spiro atoms. The Morgan fingerprint density at radius 2 is 1.87 bits per heavy atom. The van der Waals surface area contributed by atoms with E-state index in [-0.39, 0.29) is 16.9 Å². The summed E-state index contributed by atoms with van der Waals surface area (Å²) in [5.41, 5.74) is 2.70. The maximum absolute atomic E-state index is 12.4. The Morgan fingerprint density at radius 3 is 2.47 bits per heavy atom. The van der Waals surface area contributed by atoms with Gasteiger partial charge in [0.2, 0.25) is 0 Å². The molecule has 0 fully saturated rings. The van der Waals surface area contributed by atoms with Crippen molar-refractivity contribution in [1.29, 1.82) is 0 Å². The summed E-state index contributed by atoms with van der Waals surface area (Å²) < 4.78 is 20.8. The molecular formula is C23H34N2O3S2. The fraction of sp³-hybridized carbons (Fsp3) is 0.522. The minimum absolute atomic E-state index is 0.0135. The third kappa shape index (κ3) is 7.01. The highest BCUT2D eigenvalue weighted by Crippen LogP contribution is 2.32. The first-order chi connectivity index (χ1) is 13.8. The number of nitrogens with one attached hydrogen (secondary N) is 1. The summed E-state index contributed by atoms with van der Waals surface area (Å²) in [5, 5.41) is 2.11. The van der Waals surface area contributed by atoms with Crippen LogP contribution in [0.4, 0.5) is 4.79 Å². The van der Waals surface area contributed by atoms with Gasteiger partial charge in [-0.3, -0.25) is 0 Å². The van der Waals surface area contributed by atoms with Gasteiger partial charge >= 0.3 is 6.09 Å². The molecule has 0 saturated heterocycles. The molecule has 30 heavy (non-hydrogen) atoms. The van der Waals surface area contributed by atoms with Crippen LogP contribution < -0.4 is 4.72 Å². The standard InChI is InChI=1S/C23H34N2O3S2/c1-16(24-30(27)23(5,6)7)20-13-18(15-29-20)19-12-10-9-11-17(19)14-25(8)21(26)28-22(2,3)4/h9-13,15-16,24H,14H2,1-8H3/t16-,30+/m0/s1. The molecule has 5 nitrogen and oxygen atoms in total. The van der Waals surface area contributed by atoms with Gasteiger partial charge in [0, 0.05) is 29.8 Å². The van der Waals surface area contributed by atoms with Crippen LogP contribution in [0.5, 0.6) is 0 Å². The van der Waals surface area contributed by atoms with Gasteiger partial charge in [0.05, 0.1) is 6.04 Å². The van der Waals surface area contributed by atoms with E-state index in [1.165, 1.54) is 0 Å². The number of thiophene rings is 1. The second-order valence-electron chi connectivity index (χ2n) is 9.45. The molecular weight excluding hydrogens is 416 g/mol. The van der Waals surface area contributed by atoms with Gasteiger partial charge in [-0.2, -0.15) is 0 Å². The topological polar surface area (TPSA) is 64.6 Å². The SMILES string of the molecule is C[C@H](N[S@+]([O-])C(C)(C)C)c1cc(-c2ccccc2CN(C)C(=O)OC(C)(C)C)cs1. The van der Waals surface area contributed by atoms with Gasteiger partial charge < -0.3 is 14.2 Å². The molecule has 1 amide bonds. The molecule has 1 heterocycles. The molecule has 1 aromatic heterocycles. The molecule has 7 heteroatoms. The molecule has 1 aromatic carbocycles. The van der Waals surface area contributed by atoms with E-state index in [0.29, 0.717) is 6.54 Å². The predicted molar refractivity (Wildman–Crippen MR) is 127 cm³/mol. The van der Waals surface area contributed by atoms with Crippen molar-refractivity contribution in [2.75, 3.05) is 7.05 Å². The lowest BCUT2D eigenvalue weighted by Crippen LogP contribution is -2.40. The summed E-state index contributed by atoms with van der Waals surface area (Å²) >= 11 is 0.514. The van der Waals surface area contributed by atoms with Crippen molar-refractivity contribution in [2.24, 2.45) is 0 Å². The maximum atomic E-state index is 12.4. The molecule has 2 atom stereocenters. The largest absolute Gasteiger partial charge is 0.598 e. The second kappa shape index (κ2) is 9.73. The van der Waals surface area contributed by atoms with Crippen LogP contribution >= 0.6 is 11.3 Å². The number of hydrogen-bond acceptors (Lipinski definition) is 5. The number of rotatable bonds is 6. The van der Waals surface area contributed by atoms with E-state index < -0.39 is 17.0 Å². The first-order valence-corrected chi connectivity index (χ1v) is 12.1. The van der Waals surface area contributed by atoms with Crippen LogP contribution in [0.1, 0.15) is 64.9 Å². The van der Waals surface area contributed by atoms with Crippen molar-refractivity contribution >= 4 is 28.8 Å². The Morgan fingerprint density at radius 1 is 1.23 bits per heavy atom. The van der Waals surface area contributed by atoms with E-state index in [1.807, 2.05) is 66.7 Å². The van der Waals surface area contributed by atoms with E-state index in [9.17, 15) is 9.35 Å². The number of hydrogen-bond donors (Lipinski definition) is 1. The summed E-state index contributed by atoms with van der Waals surface area (Å²) in [4.78, 5) is 15.1. The van der Waals surface area contributed by atoms with Gasteiger partial charge in [-0.05, 0) is 76.6 Å². The highest BCUT2D eigenvalue weighted by Gasteiger charge is 2.29. The van der Waals surface area contributed by atoms with Crippen LogP contribution in [0.2, 0.25) is 0 Å². The van der Waals surface area contributed by atoms with Crippen molar-refractivity contribution in [2.45, 2.75) is 71.4 Å². The van der Waals surface area contributed by atoms with Gasteiger partial charge in [0.25, 0.3) is 0 Å². The fourth-order valence-electron chi connectivity index (χ4n) is 2.72. The highest BCUT2D eigenvalue weighted by atomic mass is 32.2. The summed E-state index contributed by atoms with van der Waals surface area (Å²) in [7, 11) is 1.75. The zero-order chi connectivity index (χ0) is 22.7. The lowest BCUT2D eigenvalue weighted by atomic mass is 10.0. The molecule has 2 rings (SSSR count). The van der Waals surface area contributed by atoms with Crippen LogP contribution in [0.3, 0.4) is 0 Å². The van der Waals surface area contributed by atoms with E-state index in [1.54, 1.807) is 23.3 Å². The number of ether oxygens (including phenoxy) is 1. The third-order valence-electron chi connectivity index (χ3n) is 4.33. The molecule has 2 aromatic rings. The zero-order valence-electron chi connectivity index (χ0n) is 19.2. The molecule has 1 N–H and O–H groups in total. The summed E-state index contributed by atoms with van der Waals surface area (Å²) in [6.45, 7) is 13.9. The minimum atomic E-state index is -1.13. The average molecular weight is 451 g/mol. The Balaban J connectivity index is 2.17. The van der Waals surface area contributed by atoms with E-state index in [0.717, 1.165) is 21.6 Å². The Labute approximate surface area is 188 Å². The zero-order valence-corrected chi connectivity index (χ0v) is 20.9. The van der Waals surface area contributed by atoms with Crippen molar-refractivity contribution in [3.05, 3.63) is 46.2 Å². The minimum Gasteiger partial charge on any atom is -0.598 e. The molecule has 166 valence electrons. The summed E-state index contributed by atoms with van der Waals surface area (Å²) in [5.74, 6) is 0. The van der Waals surface area contributed by atoms with Crippen LogP contribution in [-0.2, 0) is 22.6 Å². The number of carbonyl (C=O) groups is 1. The smallest absolute Gasteiger partial charge is 0.410 e.